The summed E-state index contributed by atoms with van der Waals surface area (Å²) in [6.07, 6.45) is 0.641. The SMILES string of the molecule is COc1ccc(CCN2Cc3cccc(C(=O)O)c3C2=O)cc1OC. The van der Waals surface area contributed by atoms with E-state index in [1.165, 1.54) is 6.07 Å². The molecule has 0 saturated heterocycles. The first-order valence-electron chi connectivity index (χ1n) is 7.90. The van der Waals surface area contributed by atoms with E-state index < -0.39 is 5.97 Å². The molecule has 0 aliphatic carbocycles. The van der Waals surface area contributed by atoms with Crippen LogP contribution in [0.4, 0.5) is 0 Å². The first kappa shape index (κ1) is 16.8. The van der Waals surface area contributed by atoms with E-state index in [1.54, 1.807) is 31.3 Å². The number of carbonyl (C=O) groups excluding carboxylic acids is 1. The molecule has 0 saturated carbocycles. The van der Waals surface area contributed by atoms with Gasteiger partial charge in [0.1, 0.15) is 0 Å². The average molecular weight is 341 g/mol. The van der Waals surface area contributed by atoms with Gasteiger partial charge in [0.15, 0.2) is 11.5 Å². The molecule has 0 bridgehead atoms. The van der Waals surface area contributed by atoms with Gasteiger partial charge in [0.2, 0.25) is 0 Å². The van der Waals surface area contributed by atoms with Crippen molar-refractivity contribution in [2.75, 3.05) is 20.8 Å². The molecule has 0 spiro atoms. The van der Waals surface area contributed by atoms with Crippen LogP contribution in [0.25, 0.3) is 0 Å². The predicted octanol–water partition coefficient (Wildman–Crippen LogP) is 2.60. The van der Waals surface area contributed by atoms with Gasteiger partial charge in [-0.2, -0.15) is 0 Å². The number of hydrogen-bond donors (Lipinski definition) is 1. The molecule has 1 amide bonds. The molecule has 2 aromatic rings. The molecule has 6 heteroatoms. The number of hydrogen-bond acceptors (Lipinski definition) is 4. The highest BCUT2D eigenvalue weighted by atomic mass is 16.5. The molecule has 1 heterocycles. The third-order valence-electron chi connectivity index (χ3n) is 4.36. The lowest BCUT2D eigenvalue weighted by atomic mass is 10.0. The maximum absolute atomic E-state index is 12.6. The molecule has 0 atom stereocenters. The summed E-state index contributed by atoms with van der Waals surface area (Å²) in [5.41, 5.74) is 2.15. The number of rotatable bonds is 6. The molecule has 2 aromatic carbocycles. The molecule has 1 aliphatic heterocycles. The molecule has 0 radical (unpaired) electrons. The van der Waals surface area contributed by atoms with E-state index in [4.69, 9.17) is 9.47 Å². The number of carboxylic acids is 1. The van der Waals surface area contributed by atoms with Gasteiger partial charge in [0.05, 0.1) is 25.3 Å². The van der Waals surface area contributed by atoms with Crippen LogP contribution in [-0.2, 0) is 13.0 Å². The maximum Gasteiger partial charge on any atom is 0.336 e. The average Bonchev–Trinajstić information content (AvgIpc) is 2.95. The fraction of sp³-hybridized carbons (Fsp3) is 0.263. The highest BCUT2D eigenvalue weighted by Crippen LogP contribution is 2.29. The van der Waals surface area contributed by atoms with Crippen LogP contribution in [0.5, 0.6) is 11.5 Å². The van der Waals surface area contributed by atoms with Crippen LogP contribution in [0, 0.1) is 0 Å². The molecule has 130 valence electrons. The summed E-state index contributed by atoms with van der Waals surface area (Å²) < 4.78 is 10.5. The number of carboxylic acid groups (broad SMARTS) is 1. The van der Waals surface area contributed by atoms with Crippen LogP contribution >= 0.6 is 0 Å². The molecule has 0 fully saturated rings. The first-order valence-corrected chi connectivity index (χ1v) is 7.90. The van der Waals surface area contributed by atoms with Crippen LogP contribution in [0.3, 0.4) is 0 Å². The Morgan fingerprint density at radius 3 is 2.60 bits per heavy atom. The topological polar surface area (TPSA) is 76.1 Å². The van der Waals surface area contributed by atoms with Gasteiger partial charge in [0.25, 0.3) is 5.91 Å². The zero-order valence-electron chi connectivity index (χ0n) is 14.1. The van der Waals surface area contributed by atoms with E-state index in [2.05, 4.69) is 0 Å². The number of nitrogens with zero attached hydrogens (tertiary/aromatic N) is 1. The van der Waals surface area contributed by atoms with Crippen molar-refractivity contribution in [3.8, 4) is 11.5 Å². The Labute approximate surface area is 145 Å². The van der Waals surface area contributed by atoms with Crippen molar-refractivity contribution in [1.29, 1.82) is 0 Å². The van der Waals surface area contributed by atoms with Gasteiger partial charge < -0.3 is 19.5 Å². The quantitative estimate of drug-likeness (QED) is 0.874. The van der Waals surface area contributed by atoms with Crippen molar-refractivity contribution < 1.29 is 24.2 Å². The van der Waals surface area contributed by atoms with Gasteiger partial charge in [-0.3, -0.25) is 4.79 Å². The summed E-state index contributed by atoms with van der Waals surface area (Å²) in [7, 11) is 3.16. The first-order chi connectivity index (χ1) is 12.0. The monoisotopic (exact) mass is 341 g/mol. The van der Waals surface area contributed by atoms with Crippen LogP contribution in [-0.4, -0.2) is 42.6 Å². The third-order valence-corrected chi connectivity index (χ3v) is 4.36. The number of ether oxygens (including phenoxy) is 2. The number of fused-ring (bicyclic) bond motifs is 1. The molecular formula is C19H19NO5. The standard InChI is InChI=1S/C19H19NO5/c1-24-15-7-6-12(10-16(15)25-2)8-9-20-11-13-4-3-5-14(19(22)23)17(13)18(20)21/h3-7,10H,8-9,11H2,1-2H3,(H,22,23). The lowest BCUT2D eigenvalue weighted by Crippen LogP contribution is -2.27. The number of benzene rings is 2. The minimum absolute atomic E-state index is 0.0658. The predicted molar refractivity (Wildman–Crippen MR) is 91.4 cm³/mol. The van der Waals surface area contributed by atoms with E-state index in [0.717, 1.165) is 11.1 Å². The summed E-state index contributed by atoms with van der Waals surface area (Å²) in [5, 5.41) is 9.27. The lowest BCUT2D eigenvalue weighted by molar-refractivity contribution is 0.0682. The van der Waals surface area contributed by atoms with Gasteiger partial charge in [-0.1, -0.05) is 18.2 Å². The zero-order valence-corrected chi connectivity index (χ0v) is 14.1. The highest BCUT2D eigenvalue weighted by molar-refractivity contribution is 6.07. The molecule has 1 aliphatic rings. The third kappa shape index (κ3) is 3.15. The van der Waals surface area contributed by atoms with E-state index >= 15 is 0 Å². The number of carbonyl (C=O) groups is 2. The van der Waals surface area contributed by atoms with Gasteiger partial charge >= 0.3 is 5.97 Å². The fourth-order valence-electron chi connectivity index (χ4n) is 3.08. The van der Waals surface area contributed by atoms with E-state index in [0.29, 0.717) is 36.6 Å². The molecule has 6 nitrogen and oxygen atoms in total. The minimum Gasteiger partial charge on any atom is -0.493 e. The minimum atomic E-state index is -1.08. The highest BCUT2D eigenvalue weighted by Gasteiger charge is 2.31. The summed E-state index contributed by atoms with van der Waals surface area (Å²) in [5.74, 6) is -0.00776. The number of amides is 1. The van der Waals surface area contributed by atoms with E-state index in [1.807, 2.05) is 18.2 Å². The molecule has 0 unspecified atom stereocenters. The Morgan fingerprint density at radius 2 is 1.92 bits per heavy atom. The summed E-state index contributed by atoms with van der Waals surface area (Å²) in [6, 6.07) is 10.6. The molecule has 0 aromatic heterocycles. The van der Waals surface area contributed by atoms with Gasteiger partial charge in [-0.05, 0) is 35.7 Å². The van der Waals surface area contributed by atoms with Crippen molar-refractivity contribution in [2.24, 2.45) is 0 Å². The van der Waals surface area contributed by atoms with Gasteiger partial charge in [-0.25, -0.2) is 4.79 Å². The van der Waals surface area contributed by atoms with Crippen molar-refractivity contribution in [3.63, 3.8) is 0 Å². The second-order valence-corrected chi connectivity index (χ2v) is 5.81. The van der Waals surface area contributed by atoms with Crippen molar-refractivity contribution in [2.45, 2.75) is 13.0 Å². The van der Waals surface area contributed by atoms with Crippen molar-refractivity contribution in [3.05, 3.63) is 58.7 Å². The second-order valence-electron chi connectivity index (χ2n) is 5.81. The summed E-state index contributed by atoms with van der Waals surface area (Å²) >= 11 is 0. The van der Waals surface area contributed by atoms with Crippen molar-refractivity contribution >= 4 is 11.9 Å². The molecule has 3 rings (SSSR count). The Morgan fingerprint density at radius 1 is 1.16 bits per heavy atom. The molecular weight excluding hydrogens is 322 g/mol. The Bertz CT molecular complexity index is 831. The van der Waals surface area contributed by atoms with Gasteiger partial charge in [0, 0.05) is 13.1 Å². The fourth-order valence-corrected chi connectivity index (χ4v) is 3.08. The van der Waals surface area contributed by atoms with E-state index in [-0.39, 0.29) is 11.5 Å². The Kier molecular flexibility index (Phi) is 4.61. The van der Waals surface area contributed by atoms with Crippen LogP contribution in [0.2, 0.25) is 0 Å². The largest absolute Gasteiger partial charge is 0.493 e. The summed E-state index contributed by atoms with van der Waals surface area (Å²) in [4.78, 5) is 25.6. The smallest absolute Gasteiger partial charge is 0.336 e. The number of aromatic carboxylic acids is 1. The normalized spacial score (nSPS) is 12.9. The lowest BCUT2D eigenvalue weighted by Gasteiger charge is -2.16. The van der Waals surface area contributed by atoms with Crippen LogP contribution < -0.4 is 9.47 Å². The Hall–Kier alpha value is -3.02. The molecule has 25 heavy (non-hydrogen) atoms. The van der Waals surface area contributed by atoms with E-state index in [9.17, 15) is 14.7 Å². The van der Waals surface area contributed by atoms with Crippen molar-refractivity contribution in [1.82, 2.24) is 4.90 Å². The van der Waals surface area contributed by atoms with Gasteiger partial charge in [-0.15, -0.1) is 0 Å². The molecule has 1 N–H and O–H groups in total. The zero-order chi connectivity index (χ0) is 18.0. The second kappa shape index (κ2) is 6.84. The summed E-state index contributed by atoms with van der Waals surface area (Å²) in [6.45, 7) is 0.935. The van der Waals surface area contributed by atoms with Crippen LogP contribution in [0.15, 0.2) is 36.4 Å². The number of methoxy groups -OCH3 is 2. The maximum atomic E-state index is 12.6. The Balaban J connectivity index is 1.74. The van der Waals surface area contributed by atoms with Crippen LogP contribution in [0.1, 0.15) is 31.8 Å².